The highest BCUT2D eigenvalue weighted by atomic mass is 79.9. The first-order valence-electron chi connectivity index (χ1n) is 4.95. The van der Waals surface area contributed by atoms with E-state index in [1.165, 1.54) is 0 Å². The fourth-order valence-corrected chi connectivity index (χ4v) is 1.85. The molecule has 2 aromatic rings. The summed E-state index contributed by atoms with van der Waals surface area (Å²) in [6, 6.07) is 10.2. The molecule has 0 atom stereocenters. The van der Waals surface area contributed by atoms with E-state index in [0.717, 1.165) is 33.1 Å². The van der Waals surface area contributed by atoms with Crippen LogP contribution in [0.3, 0.4) is 0 Å². The van der Waals surface area contributed by atoms with Crippen LogP contribution in [0.5, 0.6) is 0 Å². The zero-order valence-electron chi connectivity index (χ0n) is 8.63. The summed E-state index contributed by atoms with van der Waals surface area (Å²) in [6.45, 7) is 6.09. The van der Waals surface area contributed by atoms with Gasteiger partial charge in [0.1, 0.15) is 0 Å². The van der Waals surface area contributed by atoms with Gasteiger partial charge in [-0.3, -0.25) is 0 Å². The highest BCUT2D eigenvalue weighted by Gasteiger charge is 2.00. The number of rotatable bonds is 2. The monoisotopic (exact) mass is 261 g/mol. The maximum Gasteiger partial charge on any atom is 0.0710 e. The average molecular weight is 262 g/mol. The molecule has 2 rings (SSSR count). The SMILES string of the molecule is C=C(CC)c1ccc2cc(Br)ccc2n1. The summed E-state index contributed by atoms with van der Waals surface area (Å²) in [5, 5.41) is 1.15. The van der Waals surface area contributed by atoms with E-state index in [-0.39, 0.29) is 0 Å². The van der Waals surface area contributed by atoms with Crippen molar-refractivity contribution in [3.63, 3.8) is 0 Å². The number of hydrogen-bond acceptors (Lipinski definition) is 1. The lowest BCUT2D eigenvalue weighted by Gasteiger charge is -2.04. The van der Waals surface area contributed by atoms with E-state index < -0.39 is 0 Å². The summed E-state index contributed by atoms with van der Waals surface area (Å²) in [7, 11) is 0. The predicted molar refractivity (Wildman–Crippen MR) is 68.8 cm³/mol. The number of pyridine rings is 1. The highest BCUT2D eigenvalue weighted by Crippen LogP contribution is 2.21. The maximum atomic E-state index is 4.57. The smallest absolute Gasteiger partial charge is 0.0710 e. The largest absolute Gasteiger partial charge is 0.248 e. The molecule has 0 saturated heterocycles. The number of hydrogen-bond donors (Lipinski definition) is 0. The van der Waals surface area contributed by atoms with Gasteiger partial charge in [-0.1, -0.05) is 35.5 Å². The topological polar surface area (TPSA) is 12.9 Å². The first-order chi connectivity index (χ1) is 7.20. The fraction of sp³-hybridized carbons (Fsp3) is 0.154. The van der Waals surface area contributed by atoms with Crippen molar-refractivity contribution in [2.24, 2.45) is 0 Å². The van der Waals surface area contributed by atoms with Crippen LogP contribution < -0.4 is 0 Å². The minimum atomic E-state index is 0.940. The second-order valence-corrected chi connectivity index (χ2v) is 4.41. The molecule has 0 fully saturated rings. The van der Waals surface area contributed by atoms with Crippen LogP contribution >= 0.6 is 15.9 Å². The molecule has 1 aromatic heterocycles. The van der Waals surface area contributed by atoms with Crippen molar-refractivity contribution >= 4 is 32.4 Å². The third-order valence-corrected chi connectivity index (χ3v) is 2.93. The molecule has 1 nitrogen and oxygen atoms in total. The van der Waals surface area contributed by atoms with E-state index >= 15 is 0 Å². The first-order valence-corrected chi connectivity index (χ1v) is 5.74. The molecule has 0 saturated carbocycles. The summed E-state index contributed by atoms with van der Waals surface area (Å²) in [5.74, 6) is 0. The fourth-order valence-electron chi connectivity index (χ4n) is 1.47. The van der Waals surface area contributed by atoms with Gasteiger partial charge >= 0.3 is 0 Å². The molecule has 0 N–H and O–H groups in total. The molecule has 0 bridgehead atoms. The Balaban J connectivity index is 2.57. The van der Waals surface area contributed by atoms with Crippen molar-refractivity contribution in [3.8, 4) is 0 Å². The van der Waals surface area contributed by atoms with Gasteiger partial charge in [0.15, 0.2) is 0 Å². The second-order valence-electron chi connectivity index (χ2n) is 3.49. The minimum Gasteiger partial charge on any atom is -0.248 e. The zero-order chi connectivity index (χ0) is 10.8. The van der Waals surface area contributed by atoms with Crippen LogP contribution in [0.2, 0.25) is 0 Å². The molecule has 1 heterocycles. The normalized spacial score (nSPS) is 10.5. The number of fused-ring (bicyclic) bond motifs is 1. The number of aromatic nitrogens is 1. The summed E-state index contributed by atoms with van der Waals surface area (Å²) in [6.07, 6.45) is 0.940. The van der Waals surface area contributed by atoms with Crippen LogP contribution in [-0.4, -0.2) is 4.98 Å². The average Bonchev–Trinajstić information content (AvgIpc) is 2.27. The second kappa shape index (κ2) is 4.15. The molecule has 0 aliphatic carbocycles. The van der Waals surface area contributed by atoms with E-state index in [1.54, 1.807) is 0 Å². The van der Waals surface area contributed by atoms with E-state index in [9.17, 15) is 0 Å². The Morgan fingerprint density at radius 1 is 1.33 bits per heavy atom. The Morgan fingerprint density at radius 2 is 2.13 bits per heavy atom. The first kappa shape index (κ1) is 10.4. The Morgan fingerprint density at radius 3 is 2.87 bits per heavy atom. The molecule has 1 aromatic carbocycles. The Hall–Kier alpha value is -1.15. The van der Waals surface area contributed by atoms with Crippen molar-refractivity contribution in [2.45, 2.75) is 13.3 Å². The van der Waals surface area contributed by atoms with Crippen molar-refractivity contribution in [1.82, 2.24) is 4.98 Å². The molecule has 2 heteroatoms. The van der Waals surface area contributed by atoms with E-state index in [2.05, 4.69) is 46.5 Å². The third kappa shape index (κ3) is 2.10. The lowest BCUT2D eigenvalue weighted by atomic mass is 10.1. The van der Waals surface area contributed by atoms with Gasteiger partial charge in [0.25, 0.3) is 0 Å². The van der Waals surface area contributed by atoms with Gasteiger partial charge in [0, 0.05) is 9.86 Å². The summed E-state index contributed by atoms with van der Waals surface area (Å²) >= 11 is 3.45. The quantitative estimate of drug-likeness (QED) is 0.780. The van der Waals surface area contributed by atoms with Crippen LogP contribution in [0.4, 0.5) is 0 Å². The van der Waals surface area contributed by atoms with E-state index in [1.807, 2.05) is 18.2 Å². The lowest BCUT2D eigenvalue weighted by Crippen LogP contribution is -1.88. The van der Waals surface area contributed by atoms with Crippen LogP contribution in [0.25, 0.3) is 16.5 Å². The van der Waals surface area contributed by atoms with Crippen molar-refractivity contribution < 1.29 is 0 Å². The number of allylic oxidation sites excluding steroid dienone is 1. The predicted octanol–water partition coefficient (Wildman–Crippen LogP) is 4.42. The molecule has 0 aliphatic rings. The Kier molecular flexibility index (Phi) is 2.87. The van der Waals surface area contributed by atoms with Gasteiger partial charge in [-0.25, -0.2) is 4.98 Å². The summed E-state index contributed by atoms with van der Waals surface area (Å²) in [4.78, 5) is 4.57. The molecule has 0 radical (unpaired) electrons. The van der Waals surface area contributed by atoms with Gasteiger partial charge in [-0.2, -0.15) is 0 Å². The van der Waals surface area contributed by atoms with E-state index in [4.69, 9.17) is 0 Å². The van der Waals surface area contributed by atoms with Crippen LogP contribution in [0.1, 0.15) is 19.0 Å². The van der Waals surface area contributed by atoms with Gasteiger partial charge in [-0.15, -0.1) is 0 Å². The number of halogens is 1. The van der Waals surface area contributed by atoms with Crippen LogP contribution in [-0.2, 0) is 0 Å². The summed E-state index contributed by atoms with van der Waals surface area (Å²) in [5.41, 5.74) is 3.09. The molecule has 0 unspecified atom stereocenters. The van der Waals surface area contributed by atoms with Gasteiger partial charge in [-0.05, 0) is 36.3 Å². The van der Waals surface area contributed by atoms with Gasteiger partial charge in [0.05, 0.1) is 11.2 Å². The van der Waals surface area contributed by atoms with Gasteiger partial charge in [0.2, 0.25) is 0 Å². The molecule has 76 valence electrons. The van der Waals surface area contributed by atoms with Crippen LogP contribution in [0.15, 0.2) is 41.4 Å². The highest BCUT2D eigenvalue weighted by molar-refractivity contribution is 9.10. The molecular formula is C13H12BrN. The van der Waals surface area contributed by atoms with E-state index in [0.29, 0.717) is 0 Å². The standard InChI is InChI=1S/C13H12BrN/c1-3-9(2)12-6-4-10-8-11(14)5-7-13(10)15-12/h4-8H,2-3H2,1H3. The number of benzene rings is 1. The van der Waals surface area contributed by atoms with Crippen molar-refractivity contribution in [2.75, 3.05) is 0 Å². The molecular weight excluding hydrogens is 250 g/mol. The van der Waals surface area contributed by atoms with Crippen LogP contribution in [0, 0.1) is 0 Å². The number of nitrogens with zero attached hydrogens (tertiary/aromatic N) is 1. The molecule has 15 heavy (non-hydrogen) atoms. The minimum absolute atomic E-state index is 0.940. The third-order valence-electron chi connectivity index (χ3n) is 2.44. The van der Waals surface area contributed by atoms with Crippen molar-refractivity contribution in [1.29, 1.82) is 0 Å². The Labute approximate surface area is 98.0 Å². The van der Waals surface area contributed by atoms with Crippen molar-refractivity contribution in [3.05, 3.63) is 47.1 Å². The lowest BCUT2D eigenvalue weighted by molar-refractivity contribution is 1.20. The van der Waals surface area contributed by atoms with Gasteiger partial charge < -0.3 is 0 Å². The zero-order valence-corrected chi connectivity index (χ0v) is 10.2. The maximum absolute atomic E-state index is 4.57. The molecule has 0 aliphatic heterocycles. The summed E-state index contributed by atoms with van der Waals surface area (Å²) < 4.78 is 1.08. The molecule has 0 amide bonds. The molecule has 0 spiro atoms. The Bertz CT molecular complexity index is 517.